The monoisotopic (exact) mass is 616 g/mol. The van der Waals surface area contributed by atoms with E-state index >= 15 is 0 Å². The molecular formula is C28H20BrCl3N2O3. The van der Waals surface area contributed by atoms with E-state index in [1.54, 1.807) is 19.1 Å². The minimum absolute atomic E-state index is 0.0749. The van der Waals surface area contributed by atoms with Crippen LogP contribution >= 0.6 is 50.7 Å². The molecule has 188 valence electrons. The second-order valence-corrected chi connectivity index (χ2v) is 12.1. The van der Waals surface area contributed by atoms with Crippen LogP contribution in [0.5, 0.6) is 0 Å². The number of carbonyl (C=O) groups excluding carboxylic acids is 3. The zero-order valence-electron chi connectivity index (χ0n) is 19.5. The maximum absolute atomic E-state index is 13.8. The van der Waals surface area contributed by atoms with Gasteiger partial charge in [0.2, 0.25) is 17.7 Å². The number of amides is 3. The molecule has 0 unspecified atom stereocenters. The van der Waals surface area contributed by atoms with Gasteiger partial charge in [-0.15, -0.1) is 23.2 Å². The number of benzene rings is 3. The van der Waals surface area contributed by atoms with E-state index in [9.17, 15) is 14.4 Å². The van der Waals surface area contributed by atoms with Gasteiger partial charge in [-0.3, -0.25) is 19.3 Å². The lowest BCUT2D eigenvalue weighted by Crippen LogP contribution is -2.57. The summed E-state index contributed by atoms with van der Waals surface area (Å²) in [5, 5.41) is 3.32. The molecular weight excluding hydrogens is 599 g/mol. The van der Waals surface area contributed by atoms with E-state index in [0.29, 0.717) is 16.3 Å². The van der Waals surface area contributed by atoms with Gasteiger partial charge in [-0.25, -0.2) is 0 Å². The molecule has 9 heteroatoms. The predicted octanol–water partition coefficient (Wildman–Crippen LogP) is 6.33. The number of carbonyl (C=O) groups is 3. The first kappa shape index (κ1) is 24.9. The minimum Gasteiger partial charge on any atom is -0.326 e. The van der Waals surface area contributed by atoms with Gasteiger partial charge in [0.25, 0.3) is 0 Å². The van der Waals surface area contributed by atoms with Crippen LogP contribution in [0.1, 0.15) is 34.2 Å². The fourth-order valence-electron chi connectivity index (χ4n) is 6.16. The van der Waals surface area contributed by atoms with Crippen LogP contribution in [0.2, 0.25) is 5.02 Å². The largest absolute Gasteiger partial charge is 0.326 e. The molecule has 5 nitrogen and oxygen atoms in total. The lowest BCUT2D eigenvalue weighted by Gasteiger charge is -2.54. The first-order valence-corrected chi connectivity index (χ1v) is 13.7. The number of nitrogens with zero attached hydrogens (tertiary/aromatic N) is 1. The SMILES string of the molecule is Cc1c(NC(=O)CCN2C(=O)[C@@H]3[C@@H](C2=O)C2(Cl)c4ccccc4C3(Cl)c3ccccc32)ccc(Br)c1Cl. The average Bonchev–Trinajstić information content (AvgIpc) is 3.16. The quantitative estimate of drug-likeness (QED) is 0.275. The van der Waals surface area contributed by atoms with Gasteiger partial charge in [0.15, 0.2) is 0 Å². The Balaban J connectivity index is 1.32. The first-order valence-electron chi connectivity index (χ1n) is 11.8. The Morgan fingerprint density at radius 1 is 0.892 bits per heavy atom. The van der Waals surface area contributed by atoms with Gasteiger partial charge in [-0.05, 0) is 62.8 Å². The summed E-state index contributed by atoms with van der Waals surface area (Å²) in [4.78, 5) is 39.1. The number of nitrogens with one attached hydrogen (secondary N) is 1. The minimum atomic E-state index is -1.23. The Labute approximate surface area is 237 Å². The average molecular weight is 619 g/mol. The molecule has 0 saturated carbocycles. The molecule has 3 aromatic rings. The summed E-state index contributed by atoms with van der Waals surface area (Å²) in [7, 11) is 0. The summed E-state index contributed by atoms with van der Waals surface area (Å²) in [6.07, 6.45) is -0.0749. The summed E-state index contributed by atoms with van der Waals surface area (Å²) in [6.45, 7) is 1.72. The van der Waals surface area contributed by atoms with E-state index in [-0.39, 0.29) is 18.9 Å². The van der Waals surface area contributed by atoms with Gasteiger partial charge < -0.3 is 5.32 Å². The molecule has 3 amide bonds. The summed E-state index contributed by atoms with van der Waals surface area (Å²) >= 11 is 24.4. The predicted molar refractivity (Wildman–Crippen MR) is 147 cm³/mol. The Kier molecular flexibility index (Phi) is 5.77. The first-order chi connectivity index (χ1) is 17.6. The van der Waals surface area contributed by atoms with Gasteiger partial charge in [0, 0.05) is 23.1 Å². The maximum atomic E-state index is 13.8. The second-order valence-electron chi connectivity index (χ2n) is 9.63. The lowest BCUT2D eigenvalue weighted by molar-refractivity contribution is -0.140. The fourth-order valence-corrected chi connectivity index (χ4v) is 7.85. The fraction of sp³-hybridized carbons (Fsp3) is 0.250. The standard InChI is InChI=1S/C28H20BrCl3N2O3/c1-14-20(11-10-19(29)24(14)30)33-21(35)12-13-34-25(36)22-23(26(34)37)28(32)16-7-3-2-6-15(16)27(22,31)17-8-4-5-9-18(17)28/h2-11,22-23H,12-13H2,1H3,(H,33,35)/t22-,23-,27?,28?/m0/s1. The Hall–Kier alpha value is -2.38. The van der Waals surface area contributed by atoms with Gasteiger partial charge in [0.05, 0.1) is 16.9 Å². The van der Waals surface area contributed by atoms with Gasteiger partial charge in [-0.1, -0.05) is 60.1 Å². The van der Waals surface area contributed by atoms with Crippen molar-refractivity contribution < 1.29 is 14.4 Å². The Morgan fingerprint density at radius 3 is 1.81 bits per heavy atom. The molecule has 1 saturated heterocycles. The number of anilines is 1. The highest BCUT2D eigenvalue weighted by atomic mass is 79.9. The molecule has 1 N–H and O–H groups in total. The van der Waals surface area contributed by atoms with Crippen molar-refractivity contribution in [1.29, 1.82) is 0 Å². The van der Waals surface area contributed by atoms with E-state index in [2.05, 4.69) is 21.2 Å². The van der Waals surface area contributed by atoms with Crippen molar-refractivity contribution in [2.75, 3.05) is 11.9 Å². The van der Waals surface area contributed by atoms with Gasteiger partial charge in [-0.2, -0.15) is 0 Å². The van der Waals surface area contributed by atoms with Crippen LogP contribution < -0.4 is 5.32 Å². The number of rotatable bonds is 4. The molecule has 0 radical (unpaired) electrons. The van der Waals surface area contributed by atoms with Crippen molar-refractivity contribution in [3.05, 3.63) is 98.0 Å². The molecule has 3 aliphatic carbocycles. The Morgan fingerprint density at radius 2 is 1.35 bits per heavy atom. The highest BCUT2D eigenvalue weighted by molar-refractivity contribution is 9.10. The van der Waals surface area contributed by atoms with Crippen LogP contribution in [0, 0.1) is 18.8 Å². The van der Waals surface area contributed by atoms with Crippen LogP contribution in [-0.4, -0.2) is 29.2 Å². The van der Waals surface area contributed by atoms with Crippen LogP contribution in [0.3, 0.4) is 0 Å². The maximum Gasteiger partial charge on any atom is 0.235 e. The third-order valence-electron chi connectivity index (χ3n) is 7.85. The molecule has 2 bridgehead atoms. The molecule has 3 aromatic carbocycles. The van der Waals surface area contributed by atoms with Crippen molar-refractivity contribution in [2.24, 2.45) is 11.8 Å². The van der Waals surface area contributed by atoms with Crippen LogP contribution in [0.25, 0.3) is 0 Å². The van der Waals surface area contributed by atoms with Crippen LogP contribution in [0.15, 0.2) is 65.1 Å². The number of alkyl halides is 2. The third kappa shape index (κ3) is 3.26. The van der Waals surface area contributed by atoms with Crippen molar-refractivity contribution in [2.45, 2.75) is 23.1 Å². The highest BCUT2D eigenvalue weighted by Gasteiger charge is 2.72. The number of likely N-dealkylation sites (tertiary alicyclic amines) is 1. The van der Waals surface area contributed by atoms with Crippen molar-refractivity contribution in [3.8, 4) is 0 Å². The van der Waals surface area contributed by atoms with Gasteiger partial charge in [0.1, 0.15) is 9.75 Å². The van der Waals surface area contributed by atoms with E-state index in [1.165, 1.54) is 0 Å². The number of halogens is 4. The lowest BCUT2D eigenvalue weighted by atomic mass is 9.54. The van der Waals surface area contributed by atoms with E-state index in [1.807, 2.05) is 48.5 Å². The molecule has 4 aliphatic rings. The zero-order valence-corrected chi connectivity index (χ0v) is 23.4. The molecule has 1 fully saturated rings. The smallest absolute Gasteiger partial charge is 0.235 e. The second kappa shape index (κ2) is 8.57. The molecule has 1 heterocycles. The molecule has 1 aliphatic heterocycles. The van der Waals surface area contributed by atoms with Crippen LogP contribution in [0.4, 0.5) is 5.69 Å². The third-order valence-corrected chi connectivity index (χ3v) is 10.5. The molecule has 0 spiro atoms. The van der Waals surface area contributed by atoms with E-state index in [4.69, 9.17) is 34.8 Å². The van der Waals surface area contributed by atoms with Crippen LogP contribution in [-0.2, 0) is 24.1 Å². The van der Waals surface area contributed by atoms with E-state index < -0.39 is 33.4 Å². The molecule has 0 aromatic heterocycles. The number of hydrogen-bond donors (Lipinski definition) is 1. The molecule has 2 atom stereocenters. The topological polar surface area (TPSA) is 66.5 Å². The zero-order chi connectivity index (χ0) is 26.3. The van der Waals surface area contributed by atoms with E-state index in [0.717, 1.165) is 31.6 Å². The van der Waals surface area contributed by atoms with Gasteiger partial charge >= 0.3 is 0 Å². The summed E-state index contributed by atoms with van der Waals surface area (Å²) in [5.41, 5.74) is 4.26. The summed E-state index contributed by atoms with van der Waals surface area (Å²) < 4.78 is 0.724. The molecule has 37 heavy (non-hydrogen) atoms. The number of imide groups is 1. The summed E-state index contributed by atoms with van der Waals surface area (Å²) in [5.74, 6) is -2.91. The number of hydrogen-bond acceptors (Lipinski definition) is 3. The highest BCUT2D eigenvalue weighted by Crippen LogP contribution is 2.69. The molecule has 7 rings (SSSR count). The van der Waals surface area contributed by atoms with Crippen molar-refractivity contribution in [1.82, 2.24) is 4.90 Å². The summed E-state index contributed by atoms with van der Waals surface area (Å²) in [6, 6.07) is 18.5. The Bertz CT molecular complexity index is 1400. The van der Waals surface area contributed by atoms with Crippen molar-refractivity contribution in [3.63, 3.8) is 0 Å². The van der Waals surface area contributed by atoms with Crippen molar-refractivity contribution >= 4 is 74.1 Å². The normalized spacial score (nSPS) is 27.1.